The molecule has 1 aliphatic rings. The zero-order chi connectivity index (χ0) is 19.2. The predicted molar refractivity (Wildman–Crippen MR) is 110 cm³/mol. The lowest BCUT2D eigenvalue weighted by Gasteiger charge is -2.22. The van der Waals surface area contributed by atoms with Crippen molar-refractivity contribution >= 4 is 5.91 Å². The van der Waals surface area contributed by atoms with Crippen LogP contribution in [0.5, 0.6) is 5.75 Å². The van der Waals surface area contributed by atoms with E-state index in [0.29, 0.717) is 6.42 Å². The molecule has 1 aliphatic carbocycles. The van der Waals surface area contributed by atoms with Gasteiger partial charge in [-0.3, -0.25) is 4.79 Å². The van der Waals surface area contributed by atoms with Gasteiger partial charge in [0.25, 0.3) is 0 Å². The highest BCUT2D eigenvalue weighted by molar-refractivity contribution is 5.76. The number of hydrogen-bond donors (Lipinski definition) is 1. The maximum Gasteiger partial charge on any atom is 0.220 e. The average Bonchev–Trinajstić information content (AvgIpc) is 2.70. The Labute approximate surface area is 163 Å². The SMILES string of the molecule is CC[C@H](NC(=O)CCc1ccc(OC)c(C)c1)c1ccc2c(c1)CCCC2. The molecule has 0 aromatic heterocycles. The molecular formula is C24H31NO2. The minimum Gasteiger partial charge on any atom is -0.496 e. The fraction of sp³-hybridized carbons (Fsp3) is 0.458. The van der Waals surface area contributed by atoms with Crippen molar-refractivity contribution in [3.63, 3.8) is 0 Å². The third kappa shape index (κ3) is 4.91. The molecule has 0 spiro atoms. The van der Waals surface area contributed by atoms with Gasteiger partial charge in [0.1, 0.15) is 5.75 Å². The summed E-state index contributed by atoms with van der Waals surface area (Å²) in [5, 5.41) is 3.23. The highest BCUT2D eigenvalue weighted by Crippen LogP contribution is 2.26. The Bertz CT molecular complexity index is 797. The van der Waals surface area contributed by atoms with Gasteiger partial charge in [0.15, 0.2) is 0 Å². The molecule has 0 saturated heterocycles. The van der Waals surface area contributed by atoms with Gasteiger partial charge in [0.05, 0.1) is 13.2 Å². The molecule has 0 heterocycles. The van der Waals surface area contributed by atoms with E-state index in [9.17, 15) is 4.79 Å². The molecule has 2 aromatic carbocycles. The first-order valence-electron chi connectivity index (χ1n) is 10.1. The quantitative estimate of drug-likeness (QED) is 0.743. The van der Waals surface area contributed by atoms with Crippen LogP contribution in [0.15, 0.2) is 36.4 Å². The molecule has 0 fully saturated rings. The Balaban J connectivity index is 1.59. The molecule has 3 rings (SSSR count). The summed E-state index contributed by atoms with van der Waals surface area (Å²) in [4.78, 5) is 12.5. The zero-order valence-electron chi connectivity index (χ0n) is 16.8. The van der Waals surface area contributed by atoms with E-state index in [0.717, 1.165) is 24.2 Å². The molecule has 1 atom stereocenters. The number of benzene rings is 2. The topological polar surface area (TPSA) is 38.3 Å². The molecule has 144 valence electrons. The van der Waals surface area contributed by atoms with Gasteiger partial charge < -0.3 is 10.1 Å². The van der Waals surface area contributed by atoms with Crippen molar-refractivity contribution in [2.45, 2.75) is 64.8 Å². The smallest absolute Gasteiger partial charge is 0.220 e. The van der Waals surface area contributed by atoms with Crippen LogP contribution in [-0.4, -0.2) is 13.0 Å². The van der Waals surface area contributed by atoms with E-state index >= 15 is 0 Å². The zero-order valence-corrected chi connectivity index (χ0v) is 16.8. The summed E-state index contributed by atoms with van der Waals surface area (Å²) in [6, 6.07) is 13.0. The number of ether oxygens (including phenoxy) is 1. The normalized spacial score (nSPS) is 14.3. The lowest BCUT2D eigenvalue weighted by atomic mass is 9.88. The van der Waals surface area contributed by atoms with Crippen LogP contribution in [-0.2, 0) is 24.1 Å². The van der Waals surface area contributed by atoms with Gasteiger partial charge in [-0.2, -0.15) is 0 Å². The first-order valence-corrected chi connectivity index (χ1v) is 10.1. The first-order chi connectivity index (χ1) is 13.1. The van der Waals surface area contributed by atoms with Crippen molar-refractivity contribution < 1.29 is 9.53 Å². The van der Waals surface area contributed by atoms with Crippen molar-refractivity contribution in [2.75, 3.05) is 7.11 Å². The largest absolute Gasteiger partial charge is 0.496 e. The second kappa shape index (κ2) is 9.07. The predicted octanol–water partition coefficient (Wildman–Crippen LogP) is 5.08. The van der Waals surface area contributed by atoms with Crippen LogP contribution in [0, 0.1) is 6.92 Å². The van der Waals surface area contributed by atoms with Gasteiger partial charge in [-0.15, -0.1) is 0 Å². The maximum absolute atomic E-state index is 12.5. The van der Waals surface area contributed by atoms with Crippen LogP contribution in [0.25, 0.3) is 0 Å². The Morgan fingerprint density at radius 1 is 1.11 bits per heavy atom. The van der Waals surface area contributed by atoms with Gasteiger partial charge in [-0.05, 0) is 79.3 Å². The summed E-state index contributed by atoms with van der Waals surface area (Å²) in [6.07, 6.45) is 7.10. The van der Waals surface area contributed by atoms with Crippen molar-refractivity contribution in [3.8, 4) is 5.75 Å². The number of fused-ring (bicyclic) bond motifs is 1. The van der Waals surface area contributed by atoms with Crippen molar-refractivity contribution in [1.82, 2.24) is 5.32 Å². The van der Waals surface area contributed by atoms with E-state index in [1.165, 1.54) is 47.9 Å². The third-order valence-corrected chi connectivity index (χ3v) is 5.62. The molecule has 0 bridgehead atoms. The standard InChI is InChI=1S/C24H31NO2/c1-4-22(21-12-11-19-7-5-6-8-20(19)16-21)25-24(26)14-10-18-9-13-23(27-3)17(2)15-18/h9,11-13,15-16,22H,4-8,10,14H2,1-3H3,(H,25,26)/t22-/m0/s1. The molecule has 0 aliphatic heterocycles. The Morgan fingerprint density at radius 2 is 1.89 bits per heavy atom. The lowest BCUT2D eigenvalue weighted by molar-refractivity contribution is -0.121. The van der Waals surface area contributed by atoms with Gasteiger partial charge in [-0.1, -0.05) is 37.3 Å². The summed E-state index contributed by atoms with van der Waals surface area (Å²) in [7, 11) is 1.68. The molecule has 0 radical (unpaired) electrons. The van der Waals surface area contributed by atoms with Crippen molar-refractivity contribution in [1.29, 1.82) is 0 Å². The van der Waals surface area contributed by atoms with Gasteiger partial charge in [0.2, 0.25) is 5.91 Å². The van der Waals surface area contributed by atoms with E-state index < -0.39 is 0 Å². The number of carbonyl (C=O) groups excluding carboxylic acids is 1. The van der Waals surface area contributed by atoms with E-state index in [-0.39, 0.29) is 11.9 Å². The van der Waals surface area contributed by atoms with Crippen molar-refractivity contribution in [3.05, 3.63) is 64.2 Å². The Hall–Kier alpha value is -2.29. The van der Waals surface area contributed by atoms with Crippen LogP contribution in [0.4, 0.5) is 0 Å². The van der Waals surface area contributed by atoms with E-state index in [4.69, 9.17) is 4.74 Å². The second-order valence-electron chi connectivity index (χ2n) is 7.57. The number of amides is 1. The summed E-state index contributed by atoms with van der Waals surface area (Å²) in [5.41, 5.74) is 6.48. The minimum atomic E-state index is 0.0994. The first kappa shape index (κ1) is 19.5. The third-order valence-electron chi connectivity index (χ3n) is 5.62. The molecule has 1 amide bonds. The molecule has 3 heteroatoms. The van der Waals surface area contributed by atoms with Crippen LogP contribution in [0.3, 0.4) is 0 Å². The average molecular weight is 366 g/mol. The van der Waals surface area contributed by atoms with Crippen LogP contribution in [0.1, 0.15) is 66.5 Å². The summed E-state index contributed by atoms with van der Waals surface area (Å²) in [6.45, 7) is 4.17. The summed E-state index contributed by atoms with van der Waals surface area (Å²) < 4.78 is 5.30. The fourth-order valence-electron chi connectivity index (χ4n) is 4.01. The number of carbonyl (C=O) groups is 1. The van der Waals surface area contributed by atoms with Gasteiger partial charge >= 0.3 is 0 Å². The van der Waals surface area contributed by atoms with E-state index in [1.807, 2.05) is 19.1 Å². The van der Waals surface area contributed by atoms with Gasteiger partial charge in [0, 0.05) is 6.42 Å². The number of hydrogen-bond acceptors (Lipinski definition) is 2. The number of methoxy groups -OCH3 is 1. The highest BCUT2D eigenvalue weighted by Gasteiger charge is 2.16. The number of rotatable bonds is 7. The molecule has 3 nitrogen and oxygen atoms in total. The summed E-state index contributed by atoms with van der Waals surface area (Å²) in [5.74, 6) is 1.01. The summed E-state index contributed by atoms with van der Waals surface area (Å²) >= 11 is 0. The number of aryl methyl sites for hydroxylation is 4. The minimum absolute atomic E-state index is 0.0994. The lowest BCUT2D eigenvalue weighted by Crippen LogP contribution is -2.28. The molecule has 0 saturated carbocycles. The Kier molecular flexibility index (Phi) is 6.54. The molecule has 2 aromatic rings. The maximum atomic E-state index is 12.5. The molecular weight excluding hydrogens is 334 g/mol. The molecule has 1 N–H and O–H groups in total. The van der Waals surface area contributed by atoms with Crippen LogP contribution < -0.4 is 10.1 Å². The molecule has 0 unspecified atom stereocenters. The van der Waals surface area contributed by atoms with E-state index in [2.05, 4.69) is 36.5 Å². The number of nitrogens with one attached hydrogen (secondary N) is 1. The van der Waals surface area contributed by atoms with Crippen LogP contribution >= 0.6 is 0 Å². The van der Waals surface area contributed by atoms with Crippen LogP contribution in [0.2, 0.25) is 0 Å². The van der Waals surface area contributed by atoms with E-state index in [1.54, 1.807) is 7.11 Å². The second-order valence-corrected chi connectivity index (χ2v) is 7.57. The van der Waals surface area contributed by atoms with Gasteiger partial charge in [-0.25, -0.2) is 0 Å². The molecule has 27 heavy (non-hydrogen) atoms. The Morgan fingerprint density at radius 3 is 2.59 bits per heavy atom. The monoisotopic (exact) mass is 365 g/mol. The fourth-order valence-corrected chi connectivity index (χ4v) is 4.01. The highest BCUT2D eigenvalue weighted by atomic mass is 16.5. The van der Waals surface area contributed by atoms with Crippen molar-refractivity contribution in [2.24, 2.45) is 0 Å².